The molecule has 3 aromatic carbocycles. The Morgan fingerprint density at radius 3 is 2.52 bits per heavy atom. The lowest BCUT2D eigenvalue weighted by Crippen LogP contribution is -2.54. The molecule has 18 heteroatoms. The molecule has 5 heterocycles. The fourth-order valence-electron chi connectivity index (χ4n) is 7.54. The van der Waals surface area contributed by atoms with E-state index in [9.17, 15) is 38.4 Å². The number of piperazine rings is 1. The Bertz CT molecular complexity index is 2690. The largest absolute Gasteiger partial charge is 0.496 e. The number of imide groups is 2. The summed E-state index contributed by atoms with van der Waals surface area (Å²) in [6.45, 7) is 1.24. The van der Waals surface area contributed by atoms with Crippen LogP contribution in [0, 0.1) is 17.1 Å². The number of nitrogens with one attached hydrogen (secondary N) is 3. The Balaban J connectivity index is 0.967. The van der Waals surface area contributed by atoms with Gasteiger partial charge < -0.3 is 25.2 Å². The molecule has 3 aliphatic heterocycles. The number of pyridine rings is 1. The highest BCUT2D eigenvalue weighted by atomic mass is 19.1. The summed E-state index contributed by atoms with van der Waals surface area (Å²) in [7, 11) is 1.39. The summed E-state index contributed by atoms with van der Waals surface area (Å²) in [5.41, 5.74) is 3.31. The van der Waals surface area contributed by atoms with Crippen molar-refractivity contribution < 1.29 is 37.9 Å². The molecule has 6 amide bonds. The number of fused-ring (bicyclic) bond motifs is 1. The second-order valence-electron chi connectivity index (χ2n) is 14.2. The molecule has 2 aromatic heterocycles. The number of piperidine rings is 1. The predicted octanol–water partition coefficient (Wildman–Crippen LogP) is 3.64. The Kier molecular flexibility index (Phi) is 10.9. The molecule has 0 saturated carbocycles. The van der Waals surface area contributed by atoms with Crippen molar-refractivity contribution in [2.24, 2.45) is 0 Å². The van der Waals surface area contributed by atoms with Crippen LogP contribution >= 0.6 is 0 Å². The van der Waals surface area contributed by atoms with Gasteiger partial charge in [-0.05, 0) is 66.6 Å². The zero-order valence-corrected chi connectivity index (χ0v) is 32.5. The van der Waals surface area contributed by atoms with E-state index in [2.05, 4.69) is 37.0 Å². The molecular formula is C43H35FN10O7. The van der Waals surface area contributed by atoms with Crippen molar-refractivity contribution in [2.75, 3.05) is 55.4 Å². The summed E-state index contributed by atoms with van der Waals surface area (Å²) in [6, 6.07) is 18.2. The standard InChI is InChI=1S/C43H35FN10O7/c1-61-35-4-2-3-30(44)38(35)39-47-14-12-32(49-39)40(57)50-31-8-5-24(29-22-46-13-11-25(29)21-45)19-34(31)52-15-17-53(18-16-52)37(56)23-48-26-6-7-27-28(20-26)43(60)54(42(27)59)33-9-10-36(55)51-41(33)58/h2-8,11-14,19-20,22,33,48H,9-10,15-18,23H2,1H3,(H,50,57)(H,51,55,58). The lowest BCUT2D eigenvalue weighted by molar-refractivity contribution is -0.136. The maximum atomic E-state index is 14.9. The number of amides is 6. The number of halogens is 1. The van der Waals surface area contributed by atoms with E-state index in [1.165, 1.54) is 49.8 Å². The minimum absolute atomic E-state index is 0.00668. The van der Waals surface area contributed by atoms with Crippen molar-refractivity contribution >= 4 is 52.5 Å². The van der Waals surface area contributed by atoms with E-state index in [4.69, 9.17) is 4.74 Å². The van der Waals surface area contributed by atoms with Gasteiger partial charge in [-0.15, -0.1) is 0 Å². The first-order chi connectivity index (χ1) is 29.5. The smallest absolute Gasteiger partial charge is 0.274 e. The highest BCUT2D eigenvalue weighted by Gasteiger charge is 2.44. The van der Waals surface area contributed by atoms with Crippen LogP contribution in [0.3, 0.4) is 0 Å². The van der Waals surface area contributed by atoms with Crippen LogP contribution in [-0.2, 0) is 14.4 Å². The van der Waals surface area contributed by atoms with Crippen LogP contribution in [0.5, 0.6) is 5.75 Å². The molecule has 0 bridgehead atoms. The van der Waals surface area contributed by atoms with E-state index >= 15 is 0 Å². The molecule has 5 aromatic rings. The van der Waals surface area contributed by atoms with Crippen LogP contribution in [0.2, 0.25) is 0 Å². The van der Waals surface area contributed by atoms with E-state index in [1.807, 2.05) is 11.0 Å². The third kappa shape index (κ3) is 7.79. The van der Waals surface area contributed by atoms with E-state index in [0.29, 0.717) is 59.9 Å². The van der Waals surface area contributed by atoms with Gasteiger partial charge in [-0.2, -0.15) is 5.26 Å². The molecule has 1 atom stereocenters. The molecule has 2 saturated heterocycles. The molecule has 2 fully saturated rings. The number of anilines is 3. The highest BCUT2D eigenvalue weighted by Crippen LogP contribution is 2.35. The first-order valence-electron chi connectivity index (χ1n) is 19.1. The number of hydrogen-bond acceptors (Lipinski definition) is 13. The summed E-state index contributed by atoms with van der Waals surface area (Å²) >= 11 is 0. The van der Waals surface area contributed by atoms with Gasteiger partial charge in [0.2, 0.25) is 17.7 Å². The molecule has 0 aliphatic carbocycles. The fourth-order valence-corrected chi connectivity index (χ4v) is 7.54. The van der Waals surface area contributed by atoms with Crippen molar-refractivity contribution in [3.8, 4) is 34.3 Å². The Morgan fingerprint density at radius 2 is 1.75 bits per heavy atom. The number of methoxy groups -OCH3 is 1. The van der Waals surface area contributed by atoms with Gasteiger partial charge in [0.15, 0.2) is 5.82 Å². The van der Waals surface area contributed by atoms with Crippen LogP contribution in [-0.4, -0.2) is 106 Å². The van der Waals surface area contributed by atoms with Crippen molar-refractivity contribution in [3.05, 3.63) is 114 Å². The second-order valence-corrected chi connectivity index (χ2v) is 14.2. The zero-order valence-electron chi connectivity index (χ0n) is 32.5. The minimum Gasteiger partial charge on any atom is -0.496 e. The van der Waals surface area contributed by atoms with Crippen LogP contribution in [0.15, 0.2) is 85.3 Å². The molecule has 3 N–H and O–H groups in total. The second kappa shape index (κ2) is 16.7. The normalized spacial score (nSPS) is 16.1. The van der Waals surface area contributed by atoms with Gasteiger partial charge in [0, 0.05) is 62.4 Å². The molecule has 0 spiro atoms. The van der Waals surface area contributed by atoms with Gasteiger partial charge in [0.05, 0.1) is 53.4 Å². The number of benzene rings is 3. The third-order valence-electron chi connectivity index (χ3n) is 10.7. The quantitative estimate of drug-likeness (QED) is 0.172. The summed E-state index contributed by atoms with van der Waals surface area (Å²) in [5, 5.41) is 17.9. The first kappa shape index (κ1) is 39.7. The van der Waals surface area contributed by atoms with E-state index < -0.39 is 41.4 Å². The number of carbonyl (C=O) groups excluding carboxylic acids is 6. The van der Waals surface area contributed by atoms with Gasteiger partial charge in [0.25, 0.3) is 17.7 Å². The molecule has 0 radical (unpaired) electrons. The number of carbonyl (C=O) groups is 6. The third-order valence-corrected chi connectivity index (χ3v) is 10.7. The van der Waals surface area contributed by atoms with Gasteiger partial charge >= 0.3 is 0 Å². The van der Waals surface area contributed by atoms with Crippen molar-refractivity contribution in [3.63, 3.8) is 0 Å². The molecule has 61 heavy (non-hydrogen) atoms. The molecular weight excluding hydrogens is 788 g/mol. The number of ether oxygens (including phenoxy) is 1. The molecule has 306 valence electrons. The SMILES string of the molecule is COc1cccc(F)c1-c1nccc(C(=O)Nc2ccc(-c3cnccc3C#N)cc2N2CCN(C(=O)CNc3ccc4c(c3)C(=O)N(C3CCC(=O)NC3=O)C4=O)CC2)n1. The van der Waals surface area contributed by atoms with Gasteiger partial charge in [-0.1, -0.05) is 12.1 Å². The minimum atomic E-state index is -1.09. The number of aromatic nitrogens is 3. The molecule has 1 unspecified atom stereocenters. The van der Waals surface area contributed by atoms with Gasteiger partial charge in [-0.25, -0.2) is 14.4 Å². The summed E-state index contributed by atoms with van der Waals surface area (Å²) < 4.78 is 20.2. The number of nitrogens with zero attached hydrogens (tertiary/aromatic N) is 7. The highest BCUT2D eigenvalue weighted by molar-refractivity contribution is 6.23. The average molecular weight is 823 g/mol. The van der Waals surface area contributed by atoms with Crippen molar-refractivity contribution in [1.82, 2.24) is 30.1 Å². The lowest BCUT2D eigenvalue weighted by atomic mass is 10.0. The van der Waals surface area contributed by atoms with Crippen LogP contribution in [0.4, 0.5) is 21.5 Å². The molecule has 3 aliphatic rings. The summed E-state index contributed by atoms with van der Waals surface area (Å²) in [4.78, 5) is 94.9. The van der Waals surface area contributed by atoms with Gasteiger partial charge in [0.1, 0.15) is 23.3 Å². The van der Waals surface area contributed by atoms with E-state index in [1.54, 1.807) is 41.4 Å². The molecule has 17 nitrogen and oxygen atoms in total. The zero-order chi connectivity index (χ0) is 42.8. The fraction of sp³-hybridized carbons (Fsp3) is 0.209. The van der Waals surface area contributed by atoms with Crippen molar-refractivity contribution in [1.29, 1.82) is 5.26 Å². The number of rotatable bonds is 10. The topological polar surface area (TPSA) is 220 Å². The summed E-state index contributed by atoms with van der Waals surface area (Å²) in [6.07, 6.45) is 4.51. The van der Waals surface area contributed by atoms with Crippen LogP contribution in [0.1, 0.15) is 49.6 Å². The maximum Gasteiger partial charge on any atom is 0.274 e. The van der Waals surface area contributed by atoms with Crippen LogP contribution < -0.4 is 25.6 Å². The van der Waals surface area contributed by atoms with Crippen LogP contribution in [0.25, 0.3) is 22.5 Å². The number of hydrogen-bond donors (Lipinski definition) is 3. The number of nitriles is 1. The van der Waals surface area contributed by atoms with E-state index in [-0.39, 0.29) is 59.3 Å². The van der Waals surface area contributed by atoms with E-state index in [0.717, 1.165) is 4.90 Å². The Hall–Kier alpha value is -8.07. The molecule has 8 rings (SSSR count). The predicted molar refractivity (Wildman–Crippen MR) is 217 cm³/mol. The monoisotopic (exact) mass is 822 g/mol. The Morgan fingerprint density at radius 1 is 0.951 bits per heavy atom. The first-order valence-corrected chi connectivity index (χ1v) is 19.1. The van der Waals surface area contributed by atoms with Gasteiger partial charge in [-0.3, -0.25) is 44.0 Å². The van der Waals surface area contributed by atoms with Crippen molar-refractivity contribution in [2.45, 2.75) is 18.9 Å². The maximum absolute atomic E-state index is 14.9. The lowest BCUT2D eigenvalue weighted by Gasteiger charge is -2.37. The average Bonchev–Trinajstić information content (AvgIpc) is 3.53. The summed E-state index contributed by atoms with van der Waals surface area (Å²) in [5.74, 6) is -3.72. The Labute approximate surface area is 347 Å².